The number of halogens is 2. The molecule has 0 aliphatic carbocycles. The van der Waals surface area contributed by atoms with Gasteiger partial charge >= 0.3 is 0 Å². The van der Waals surface area contributed by atoms with E-state index in [-0.39, 0.29) is 24.8 Å². The fraction of sp³-hybridized carbons (Fsp3) is 0.200. The molecular weight excluding hydrogens is 247 g/mol. The fourth-order valence-corrected chi connectivity index (χ4v) is 1.37. The highest BCUT2D eigenvalue weighted by atomic mass is 35.5. The minimum absolute atomic E-state index is 0. The summed E-state index contributed by atoms with van der Waals surface area (Å²) in [5.41, 5.74) is 7.57. The van der Waals surface area contributed by atoms with Crippen LogP contribution >= 0.6 is 24.8 Å². The number of hydrogen-bond donors (Lipinski definition) is 1. The van der Waals surface area contributed by atoms with Crippen molar-refractivity contribution >= 4 is 24.8 Å². The molecule has 2 aromatic rings. The van der Waals surface area contributed by atoms with Crippen LogP contribution in [0.1, 0.15) is 11.4 Å². The molecule has 0 unspecified atom stereocenters. The van der Waals surface area contributed by atoms with Gasteiger partial charge in [-0.25, -0.2) is 4.98 Å². The van der Waals surface area contributed by atoms with Gasteiger partial charge in [-0.05, 0) is 18.6 Å². The standard InChI is InChI=1S/C10H12N4.2ClH/c1-8-13-2-3-14(8)10-4-9(5-11)6-12-7-10;;/h2-4,6-7H,5,11H2,1H3;2*1H. The molecule has 2 heterocycles. The van der Waals surface area contributed by atoms with E-state index in [1.165, 1.54) is 0 Å². The third kappa shape index (κ3) is 2.95. The molecule has 2 aromatic heterocycles. The van der Waals surface area contributed by atoms with Gasteiger partial charge < -0.3 is 10.3 Å². The molecule has 0 radical (unpaired) electrons. The van der Waals surface area contributed by atoms with Gasteiger partial charge in [0.2, 0.25) is 0 Å². The highest BCUT2D eigenvalue weighted by molar-refractivity contribution is 5.85. The summed E-state index contributed by atoms with van der Waals surface area (Å²) >= 11 is 0. The zero-order valence-corrected chi connectivity index (χ0v) is 10.5. The predicted molar refractivity (Wildman–Crippen MR) is 68.5 cm³/mol. The number of imidazole rings is 1. The van der Waals surface area contributed by atoms with E-state index in [4.69, 9.17) is 5.73 Å². The average Bonchev–Trinajstić information content (AvgIpc) is 2.65. The van der Waals surface area contributed by atoms with E-state index < -0.39 is 0 Å². The van der Waals surface area contributed by atoms with Crippen molar-refractivity contribution < 1.29 is 0 Å². The smallest absolute Gasteiger partial charge is 0.110 e. The lowest BCUT2D eigenvalue weighted by Gasteiger charge is -2.05. The van der Waals surface area contributed by atoms with Gasteiger partial charge in [0.15, 0.2) is 0 Å². The first-order valence-electron chi connectivity index (χ1n) is 4.45. The van der Waals surface area contributed by atoms with Crippen LogP contribution in [0.5, 0.6) is 0 Å². The summed E-state index contributed by atoms with van der Waals surface area (Å²) in [5.74, 6) is 0.945. The molecule has 0 bridgehead atoms. The molecule has 0 spiro atoms. The molecule has 0 amide bonds. The van der Waals surface area contributed by atoms with Gasteiger partial charge in [-0.1, -0.05) is 0 Å². The summed E-state index contributed by atoms with van der Waals surface area (Å²) < 4.78 is 1.98. The van der Waals surface area contributed by atoms with Crippen LogP contribution in [0.25, 0.3) is 5.69 Å². The molecule has 16 heavy (non-hydrogen) atoms. The lowest BCUT2D eigenvalue weighted by atomic mass is 10.2. The Hall–Kier alpha value is -1.10. The number of rotatable bonds is 2. The maximum atomic E-state index is 5.55. The molecule has 4 nitrogen and oxygen atoms in total. The maximum Gasteiger partial charge on any atom is 0.110 e. The van der Waals surface area contributed by atoms with Crippen LogP contribution in [0.3, 0.4) is 0 Å². The van der Waals surface area contributed by atoms with Gasteiger partial charge in [0, 0.05) is 25.1 Å². The van der Waals surface area contributed by atoms with E-state index in [0.29, 0.717) is 6.54 Å². The molecule has 88 valence electrons. The third-order valence-electron chi connectivity index (χ3n) is 2.12. The summed E-state index contributed by atoms with van der Waals surface area (Å²) in [5, 5.41) is 0. The summed E-state index contributed by atoms with van der Waals surface area (Å²) in [7, 11) is 0. The third-order valence-corrected chi connectivity index (χ3v) is 2.12. The van der Waals surface area contributed by atoms with Crippen molar-refractivity contribution in [3.63, 3.8) is 0 Å². The van der Waals surface area contributed by atoms with E-state index in [1.807, 2.05) is 23.8 Å². The lowest BCUT2D eigenvalue weighted by Crippen LogP contribution is -2.01. The minimum Gasteiger partial charge on any atom is -0.326 e. The van der Waals surface area contributed by atoms with E-state index in [2.05, 4.69) is 9.97 Å². The molecule has 0 fully saturated rings. The Morgan fingerprint density at radius 1 is 1.31 bits per heavy atom. The second-order valence-corrected chi connectivity index (χ2v) is 3.10. The Morgan fingerprint density at radius 3 is 2.62 bits per heavy atom. The zero-order chi connectivity index (χ0) is 9.97. The van der Waals surface area contributed by atoms with Crippen molar-refractivity contribution in [3.05, 3.63) is 42.2 Å². The molecule has 0 aliphatic rings. The molecule has 0 aliphatic heterocycles. The maximum absolute atomic E-state index is 5.55. The van der Waals surface area contributed by atoms with Gasteiger partial charge in [0.25, 0.3) is 0 Å². The first-order chi connectivity index (χ1) is 6.81. The molecular formula is C10H14Cl2N4. The van der Waals surface area contributed by atoms with E-state index in [0.717, 1.165) is 17.1 Å². The highest BCUT2D eigenvalue weighted by Crippen LogP contribution is 2.10. The molecule has 0 saturated carbocycles. The van der Waals surface area contributed by atoms with Crippen LogP contribution in [-0.2, 0) is 6.54 Å². The summed E-state index contributed by atoms with van der Waals surface area (Å²) in [6.45, 7) is 2.46. The topological polar surface area (TPSA) is 56.7 Å². The Bertz CT molecular complexity index is 442. The SMILES string of the molecule is Cc1nccn1-c1cncc(CN)c1.Cl.Cl. The molecule has 0 atom stereocenters. The van der Waals surface area contributed by atoms with Crippen LogP contribution < -0.4 is 5.73 Å². The van der Waals surface area contributed by atoms with Gasteiger partial charge in [0.05, 0.1) is 11.9 Å². The second kappa shape index (κ2) is 6.48. The van der Waals surface area contributed by atoms with Crippen LogP contribution in [0, 0.1) is 6.92 Å². The van der Waals surface area contributed by atoms with Crippen LogP contribution in [-0.4, -0.2) is 14.5 Å². The van der Waals surface area contributed by atoms with Gasteiger partial charge in [-0.15, -0.1) is 24.8 Å². The first-order valence-corrected chi connectivity index (χ1v) is 4.45. The number of hydrogen-bond acceptors (Lipinski definition) is 3. The lowest BCUT2D eigenvalue weighted by molar-refractivity contribution is 0.949. The van der Waals surface area contributed by atoms with E-state index >= 15 is 0 Å². The number of aryl methyl sites for hydroxylation is 1. The zero-order valence-electron chi connectivity index (χ0n) is 8.83. The number of aromatic nitrogens is 3. The monoisotopic (exact) mass is 260 g/mol. The molecule has 2 N–H and O–H groups in total. The Balaban J connectivity index is 0.00000112. The van der Waals surface area contributed by atoms with Crippen LogP contribution in [0.2, 0.25) is 0 Å². The summed E-state index contributed by atoms with van der Waals surface area (Å²) in [6.07, 6.45) is 7.25. The van der Waals surface area contributed by atoms with Crippen LogP contribution in [0.4, 0.5) is 0 Å². The highest BCUT2D eigenvalue weighted by Gasteiger charge is 2.00. The second-order valence-electron chi connectivity index (χ2n) is 3.10. The Kier molecular flexibility index (Phi) is 6.03. The van der Waals surface area contributed by atoms with Crippen molar-refractivity contribution in [1.29, 1.82) is 0 Å². The van der Waals surface area contributed by atoms with E-state index in [9.17, 15) is 0 Å². The number of nitrogens with zero attached hydrogens (tertiary/aromatic N) is 3. The largest absolute Gasteiger partial charge is 0.326 e. The van der Waals surface area contributed by atoms with Crippen molar-refractivity contribution in [1.82, 2.24) is 14.5 Å². The van der Waals surface area contributed by atoms with Crippen LogP contribution in [0.15, 0.2) is 30.9 Å². The van der Waals surface area contributed by atoms with Crippen molar-refractivity contribution in [2.24, 2.45) is 5.73 Å². The number of pyridine rings is 1. The minimum atomic E-state index is 0. The van der Waals surface area contributed by atoms with Crippen molar-refractivity contribution in [2.75, 3.05) is 0 Å². The average molecular weight is 261 g/mol. The van der Waals surface area contributed by atoms with Gasteiger partial charge in [-0.3, -0.25) is 4.98 Å². The quantitative estimate of drug-likeness (QED) is 0.897. The summed E-state index contributed by atoms with van der Waals surface area (Å²) in [4.78, 5) is 8.28. The van der Waals surface area contributed by atoms with Gasteiger partial charge in [-0.2, -0.15) is 0 Å². The normalized spacial score (nSPS) is 9.12. The van der Waals surface area contributed by atoms with Crippen molar-refractivity contribution in [2.45, 2.75) is 13.5 Å². The predicted octanol–water partition coefficient (Wildman–Crippen LogP) is 1.88. The van der Waals surface area contributed by atoms with E-state index in [1.54, 1.807) is 18.6 Å². The number of nitrogens with two attached hydrogens (primary N) is 1. The summed E-state index contributed by atoms with van der Waals surface area (Å²) in [6, 6.07) is 2.02. The van der Waals surface area contributed by atoms with Crippen molar-refractivity contribution in [3.8, 4) is 5.69 Å². The fourth-order valence-electron chi connectivity index (χ4n) is 1.37. The molecule has 2 rings (SSSR count). The Morgan fingerprint density at radius 2 is 2.06 bits per heavy atom. The molecule has 0 saturated heterocycles. The Labute approximate surface area is 107 Å². The molecule has 0 aromatic carbocycles. The first kappa shape index (κ1) is 14.9. The molecule has 6 heteroatoms. The van der Waals surface area contributed by atoms with Gasteiger partial charge in [0.1, 0.15) is 5.82 Å².